The van der Waals surface area contributed by atoms with Gasteiger partial charge in [0, 0.05) is 43.5 Å². The Balaban J connectivity index is 1.39. The number of benzene rings is 1. The number of nitrogens with one attached hydrogen (secondary N) is 1. The molecule has 1 saturated heterocycles. The molecule has 1 fully saturated rings. The van der Waals surface area contributed by atoms with Crippen LogP contribution in [-0.4, -0.2) is 68.5 Å². The molecule has 0 bridgehead atoms. The molecule has 1 aliphatic rings. The molecule has 1 aliphatic heterocycles. The van der Waals surface area contributed by atoms with Crippen LogP contribution in [0, 0.1) is 0 Å². The van der Waals surface area contributed by atoms with Gasteiger partial charge in [-0.3, -0.25) is 14.0 Å². The molecule has 2 amide bonds. The zero-order chi connectivity index (χ0) is 22.0. The van der Waals surface area contributed by atoms with Crippen molar-refractivity contribution in [1.29, 1.82) is 0 Å². The summed E-state index contributed by atoms with van der Waals surface area (Å²) in [5, 5.41) is 10.9. The first-order chi connectivity index (χ1) is 14.9. The van der Waals surface area contributed by atoms with E-state index in [9.17, 15) is 9.59 Å². The molecule has 0 spiro atoms. The first kappa shape index (κ1) is 20.8. The van der Waals surface area contributed by atoms with Crippen molar-refractivity contribution in [1.82, 2.24) is 29.8 Å². The monoisotopic (exact) mass is 421 g/mol. The zero-order valence-corrected chi connectivity index (χ0v) is 18.0. The molecule has 9 heteroatoms. The fraction of sp³-hybridized carbons (Fsp3) is 0.409. The van der Waals surface area contributed by atoms with Crippen LogP contribution in [-0.2, 0) is 4.79 Å². The summed E-state index contributed by atoms with van der Waals surface area (Å²) in [6, 6.07) is 10.4. The van der Waals surface area contributed by atoms with Crippen molar-refractivity contribution in [3.05, 3.63) is 54.0 Å². The molecule has 0 unspecified atom stereocenters. The quantitative estimate of drug-likeness (QED) is 0.674. The lowest BCUT2D eigenvalue weighted by Crippen LogP contribution is -2.54. The average Bonchev–Trinajstić information content (AvgIpc) is 3.27. The van der Waals surface area contributed by atoms with E-state index in [4.69, 9.17) is 0 Å². The van der Waals surface area contributed by atoms with Gasteiger partial charge in [-0.05, 0) is 25.0 Å². The van der Waals surface area contributed by atoms with Crippen LogP contribution < -0.4 is 10.2 Å². The van der Waals surface area contributed by atoms with Gasteiger partial charge >= 0.3 is 0 Å². The molecule has 1 aromatic carbocycles. The van der Waals surface area contributed by atoms with Crippen molar-refractivity contribution in [3.8, 4) is 0 Å². The second-order valence-electron chi connectivity index (χ2n) is 8.07. The third-order valence-corrected chi connectivity index (χ3v) is 5.56. The number of aromatic nitrogens is 4. The van der Waals surface area contributed by atoms with Crippen LogP contribution in [0.1, 0.15) is 42.7 Å². The van der Waals surface area contributed by atoms with Gasteiger partial charge < -0.3 is 15.1 Å². The Kier molecular flexibility index (Phi) is 5.83. The normalized spacial score (nSPS) is 15.4. The minimum atomic E-state index is -0.586. The van der Waals surface area contributed by atoms with Crippen LogP contribution in [0.15, 0.2) is 42.7 Å². The fourth-order valence-electron chi connectivity index (χ4n) is 3.79. The first-order valence-corrected chi connectivity index (χ1v) is 10.5. The summed E-state index contributed by atoms with van der Waals surface area (Å²) in [6.07, 6.45) is 1.68. The highest BCUT2D eigenvalue weighted by Gasteiger charge is 2.27. The van der Waals surface area contributed by atoms with Gasteiger partial charge in [-0.15, -0.1) is 10.2 Å². The maximum Gasteiger partial charge on any atom is 0.256 e. The van der Waals surface area contributed by atoms with Gasteiger partial charge in [-0.1, -0.05) is 32.0 Å². The van der Waals surface area contributed by atoms with E-state index in [0.717, 1.165) is 11.5 Å². The Labute approximate surface area is 181 Å². The molecule has 0 aliphatic carbocycles. The third kappa shape index (κ3) is 4.35. The second kappa shape index (κ2) is 8.71. The SMILES string of the molecule is CC(C)c1cc(N2CCN(C(=O)[C@@H](C)NC(=O)c3ccccc3)CC2)nc2nncn12. The molecular formula is C22H27N7O2. The highest BCUT2D eigenvalue weighted by atomic mass is 16.2. The van der Waals surface area contributed by atoms with E-state index >= 15 is 0 Å². The molecule has 9 nitrogen and oxygen atoms in total. The smallest absolute Gasteiger partial charge is 0.256 e. The Bertz CT molecular complexity index is 1070. The maximum absolute atomic E-state index is 12.8. The molecule has 3 heterocycles. The molecule has 0 saturated carbocycles. The van der Waals surface area contributed by atoms with Crippen molar-refractivity contribution in [2.75, 3.05) is 31.1 Å². The van der Waals surface area contributed by atoms with Crippen LogP contribution in [0.4, 0.5) is 5.82 Å². The maximum atomic E-state index is 12.8. The van der Waals surface area contributed by atoms with Gasteiger partial charge in [0.05, 0.1) is 0 Å². The largest absolute Gasteiger partial charge is 0.353 e. The lowest BCUT2D eigenvalue weighted by Gasteiger charge is -2.36. The van der Waals surface area contributed by atoms with E-state index in [1.54, 1.807) is 42.4 Å². The summed E-state index contributed by atoms with van der Waals surface area (Å²) in [7, 11) is 0. The van der Waals surface area contributed by atoms with Crippen molar-refractivity contribution in [3.63, 3.8) is 0 Å². The molecular weight excluding hydrogens is 394 g/mol. The van der Waals surface area contributed by atoms with E-state index < -0.39 is 6.04 Å². The second-order valence-corrected chi connectivity index (χ2v) is 8.07. The first-order valence-electron chi connectivity index (χ1n) is 10.5. The van der Waals surface area contributed by atoms with E-state index in [1.165, 1.54) is 0 Å². The van der Waals surface area contributed by atoms with Crippen molar-refractivity contribution < 1.29 is 9.59 Å². The van der Waals surface area contributed by atoms with Crippen molar-refractivity contribution >= 4 is 23.4 Å². The highest BCUT2D eigenvalue weighted by molar-refractivity contribution is 5.97. The average molecular weight is 422 g/mol. The molecule has 0 radical (unpaired) electrons. The third-order valence-electron chi connectivity index (χ3n) is 5.56. The van der Waals surface area contributed by atoms with Gasteiger partial charge in [-0.2, -0.15) is 4.98 Å². The number of carbonyl (C=O) groups is 2. The number of hydrogen-bond donors (Lipinski definition) is 1. The molecule has 2 aromatic heterocycles. The Morgan fingerprint density at radius 3 is 2.42 bits per heavy atom. The van der Waals surface area contributed by atoms with Crippen molar-refractivity contribution in [2.24, 2.45) is 0 Å². The standard InChI is InChI=1S/C22H27N7O2/c1-15(2)18-13-19(25-22-26-23-14-29(18)22)27-9-11-28(12-10-27)21(31)16(3)24-20(30)17-7-5-4-6-8-17/h4-8,13-16H,9-12H2,1-3H3,(H,24,30)/t16-/m1/s1. The van der Waals surface area contributed by atoms with Crippen LogP contribution in [0.3, 0.4) is 0 Å². The lowest BCUT2D eigenvalue weighted by atomic mass is 10.1. The molecule has 3 aromatic rings. The predicted octanol–water partition coefficient (Wildman–Crippen LogP) is 1.71. The summed E-state index contributed by atoms with van der Waals surface area (Å²) >= 11 is 0. The van der Waals surface area contributed by atoms with Gasteiger partial charge in [0.25, 0.3) is 11.7 Å². The topological polar surface area (TPSA) is 95.7 Å². The minimum Gasteiger partial charge on any atom is -0.353 e. The molecule has 162 valence electrons. The van der Waals surface area contributed by atoms with Gasteiger partial charge in [0.15, 0.2) is 0 Å². The summed E-state index contributed by atoms with van der Waals surface area (Å²) in [6.45, 7) is 8.45. The molecule has 1 atom stereocenters. The number of fused-ring (bicyclic) bond motifs is 1. The number of nitrogens with zero attached hydrogens (tertiary/aromatic N) is 6. The van der Waals surface area contributed by atoms with Crippen molar-refractivity contribution in [2.45, 2.75) is 32.7 Å². The number of hydrogen-bond acceptors (Lipinski definition) is 6. The number of piperazine rings is 1. The van der Waals surface area contributed by atoms with E-state index in [0.29, 0.717) is 43.4 Å². The Morgan fingerprint density at radius 2 is 1.74 bits per heavy atom. The van der Waals surface area contributed by atoms with Gasteiger partial charge in [0.1, 0.15) is 18.2 Å². The van der Waals surface area contributed by atoms with Crippen LogP contribution in [0.5, 0.6) is 0 Å². The number of rotatable bonds is 5. The zero-order valence-electron chi connectivity index (χ0n) is 18.0. The fourth-order valence-corrected chi connectivity index (χ4v) is 3.79. The summed E-state index contributed by atoms with van der Waals surface area (Å²) in [5.74, 6) is 1.41. The van der Waals surface area contributed by atoms with Crippen LogP contribution in [0.2, 0.25) is 0 Å². The summed E-state index contributed by atoms with van der Waals surface area (Å²) < 4.78 is 1.91. The number of carbonyl (C=O) groups excluding carboxylic acids is 2. The number of amides is 2. The van der Waals surface area contributed by atoms with Gasteiger partial charge in [0.2, 0.25) is 5.91 Å². The van der Waals surface area contributed by atoms with Crippen LogP contribution >= 0.6 is 0 Å². The molecule has 31 heavy (non-hydrogen) atoms. The Hall–Kier alpha value is -3.49. The van der Waals surface area contributed by atoms with E-state index in [-0.39, 0.29) is 11.8 Å². The van der Waals surface area contributed by atoms with Gasteiger partial charge in [-0.25, -0.2) is 0 Å². The summed E-state index contributed by atoms with van der Waals surface area (Å²) in [4.78, 5) is 33.8. The highest BCUT2D eigenvalue weighted by Crippen LogP contribution is 2.22. The molecule has 1 N–H and O–H groups in total. The van der Waals surface area contributed by atoms with Crippen LogP contribution in [0.25, 0.3) is 5.78 Å². The Morgan fingerprint density at radius 1 is 1.03 bits per heavy atom. The predicted molar refractivity (Wildman–Crippen MR) is 117 cm³/mol. The minimum absolute atomic E-state index is 0.0762. The van der Waals surface area contributed by atoms with E-state index in [1.807, 2.05) is 10.5 Å². The summed E-state index contributed by atoms with van der Waals surface area (Å²) in [5.41, 5.74) is 1.64. The number of anilines is 1. The molecule has 4 rings (SSSR count). The van der Waals surface area contributed by atoms with E-state index in [2.05, 4.69) is 45.3 Å². The lowest BCUT2D eigenvalue weighted by molar-refractivity contribution is -0.133.